The number of carbonyl (C=O) groups excluding carboxylic acids is 2. The van der Waals surface area contributed by atoms with Crippen LogP contribution < -0.4 is 16.2 Å². The molecule has 2 fully saturated rings. The molecule has 8 nitrogen and oxygen atoms in total. The first kappa shape index (κ1) is 20.1. The smallest absolute Gasteiger partial charge is 0.241 e. The van der Waals surface area contributed by atoms with Gasteiger partial charge in [0.05, 0.1) is 0 Å². The number of nitrogens with zero attached hydrogens (tertiary/aromatic N) is 2. The summed E-state index contributed by atoms with van der Waals surface area (Å²) in [4.78, 5) is 27.2. The third-order valence-corrected chi connectivity index (χ3v) is 6.06. The molecule has 1 aromatic carbocycles. The van der Waals surface area contributed by atoms with Crippen LogP contribution in [-0.4, -0.2) is 41.0 Å². The van der Waals surface area contributed by atoms with Gasteiger partial charge < -0.3 is 14.7 Å². The van der Waals surface area contributed by atoms with Crippen molar-refractivity contribution in [2.24, 2.45) is 5.92 Å². The number of amides is 2. The third kappa shape index (κ3) is 4.68. The number of hydrogen-bond donors (Lipinski definition) is 3. The van der Waals surface area contributed by atoms with Crippen LogP contribution in [0.1, 0.15) is 36.6 Å². The van der Waals surface area contributed by atoms with Crippen molar-refractivity contribution in [1.82, 2.24) is 20.9 Å². The van der Waals surface area contributed by atoms with Gasteiger partial charge in [-0.2, -0.15) is 0 Å². The van der Waals surface area contributed by atoms with Crippen LogP contribution >= 0.6 is 15.9 Å². The Kier molecular flexibility index (Phi) is 5.98. The Hall–Kier alpha value is -2.23. The summed E-state index contributed by atoms with van der Waals surface area (Å²) in [6.45, 7) is 2.94. The number of aromatic nitrogens is 1. The predicted octanol–water partition coefficient (Wildman–Crippen LogP) is 2.53. The molecule has 29 heavy (non-hydrogen) atoms. The molecule has 2 amide bonds. The van der Waals surface area contributed by atoms with Crippen LogP contribution in [0.5, 0.6) is 0 Å². The summed E-state index contributed by atoms with van der Waals surface area (Å²) in [6, 6.07) is 9.65. The van der Waals surface area contributed by atoms with Gasteiger partial charge in [0.2, 0.25) is 11.8 Å². The molecule has 3 heterocycles. The van der Waals surface area contributed by atoms with Crippen LogP contribution in [0.25, 0.3) is 0 Å². The maximum Gasteiger partial charge on any atom is 0.241 e. The lowest BCUT2D eigenvalue weighted by Gasteiger charge is -2.32. The molecule has 0 aliphatic carbocycles. The number of anilines is 1. The van der Waals surface area contributed by atoms with Crippen molar-refractivity contribution in [2.45, 2.75) is 38.3 Å². The van der Waals surface area contributed by atoms with Crippen molar-refractivity contribution in [2.75, 3.05) is 18.4 Å². The lowest BCUT2D eigenvalue weighted by Crippen LogP contribution is -2.49. The molecule has 0 saturated carbocycles. The largest absolute Gasteiger partial charge is 0.360 e. The molecule has 2 aromatic rings. The molecule has 2 atom stereocenters. The van der Waals surface area contributed by atoms with Crippen LogP contribution in [-0.2, 0) is 9.59 Å². The number of carbonyl (C=O) groups is 2. The number of halogens is 1. The van der Waals surface area contributed by atoms with E-state index in [0.717, 1.165) is 10.0 Å². The second kappa shape index (κ2) is 8.64. The highest BCUT2D eigenvalue weighted by Gasteiger charge is 2.35. The van der Waals surface area contributed by atoms with E-state index in [1.807, 2.05) is 17.0 Å². The van der Waals surface area contributed by atoms with Crippen molar-refractivity contribution >= 4 is 33.6 Å². The molecular weight excluding hydrogens is 438 g/mol. The summed E-state index contributed by atoms with van der Waals surface area (Å²) in [5.74, 6) is 0.983. The lowest BCUT2D eigenvalue weighted by molar-refractivity contribution is -0.136. The highest BCUT2D eigenvalue weighted by Crippen LogP contribution is 2.26. The van der Waals surface area contributed by atoms with Crippen molar-refractivity contribution in [1.29, 1.82) is 0 Å². The minimum Gasteiger partial charge on any atom is -0.360 e. The van der Waals surface area contributed by atoms with Crippen LogP contribution in [0, 0.1) is 12.8 Å². The van der Waals surface area contributed by atoms with Gasteiger partial charge in [0, 0.05) is 35.6 Å². The topological polar surface area (TPSA) is 99.5 Å². The van der Waals surface area contributed by atoms with Crippen molar-refractivity contribution in [3.8, 4) is 0 Å². The van der Waals surface area contributed by atoms with Gasteiger partial charge in [0.15, 0.2) is 5.82 Å². The number of aryl methyl sites for hydroxylation is 1. The standard InChI is InChI=1S/C20H24BrN5O3/c1-12-10-18(25-29-12)22-19(27)14-6-8-26(9-7-14)20(28)17-11-16(23-24-17)13-2-4-15(21)5-3-13/h2-5,10,14,16-17,23-24H,6-9,11H2,1H3,(H,22,25,27). The molecule has 2 aliphatic rings. The van der Waals surface area contributed by atoms with E-state index in [9.17, 15) is 9.59 Å². The average molecular weight is 462 g/mol. The molecule has 0 radical (unpaired) electrons. The summed E-state index contributed by atoms with van der Waals surface area (Å²) in [5.41, 5.74) is 7.51. The SMILES string of the molecule is Cc1cc(NC(=O)C2CCN(C(=O)C3CC(c4ccc(Br)cc4)NN3)CC2)no1. The van der Waals surface area contributed by atoms with Gasteiger partial charge in [-0.05, 0) is 43.9 Å². The van der Waals surface area contributed by atoms with Gasteiger partial charge in [-0.1, -0.05) is 33.2 Å². The van der Waals surface area contributed by atoms with Crippen molar-refractivity contribution < 1.29 is 14.1 Å². The van der Waals surface area contributed by atoms with E-state index < -0.39 is 0 Å². The van der Waals surface area contributed by atoms with E-state index in [1.54, 1.807) is 13.0 Å². The fraction of sp³-hybridized carbons (Fsp3) is 0.450. The molecule has 9 heteroatoms. The highest BCUT2D eigenvalue weighted by molar-refractivity contribution is 9.10. The van der Waals surface area contributed by atoms with Crippen LogP contribution in [0.3, 0.4) is 0 Å². The number of nitrogens with one attached hydrogen (secondary N) is 3. The minimum atomic E-state index is -0.257. The second-order valence-electron chi connectivity index (χ2n) is 7.59. The van der Waals surface area contributed by atoms with Crippen molar-refractivity contribution in [3.63, 3.8) is 0 Å². The zero-order valence-corrected chi connectivity index (χ0v) is 17.7. The fourth-order valence-corrected chi connectivity index (χ4v) is 4.13. The van der Waals surface area contributed by atoms with Gasteiger partial charge in [-0.25, -0.2) is 10.9 Å². The maximum atomic E-state index is 12.9. The molecule has 0 bridgehead atoms. The van der Waals surface area contributed by atoms with Crippen molar-refractivity contribution in [3.05, 3.63) is 46.1 Å². The Morgan fingerprint density at radius 1 is 1.21 bits per heavy atom. The fourth-order valence-electron chi connectivity index (χ4n) is 3.87. The van der Waals surface area contributed by atoms with Gasteiger partial charge in [-0.3, -0.25) is 9.59 Å². The molecule has 154 valence electrons. The van der Waals surface area contributed by atoms with Crippen LogP contribution in [0.15, 0.2) is 39.3 Å². The number of rotatable bonds is 4. The Balaban J connectivity index is 1.27. The van der Waals surface area contributed by atoms with Crippen LogP contribution in [0.2, 0.25) is 0 Å². The Labute approximate surface area is 177 Å². The molecular formula is C20H24BrN5O3. The summed E-state index contributed by atoms with van der Waals surface area (Å²) in [7, 11) is 0. The quantitative estimate of drug-likeness (QED) is 0.646. The number of likely N-dealkylation sites (tertiary alicyclic amines) is 1. The summed E-state index contributed by atoms with van der Waals surface area (Å²) in [6.07, 6.45) is 1.99. The van der Waals surface area contributed by atoms with Crippen LogP contribution in [0.4, 0.5) is 5.82 Å². The molecule has 0 spiro atoms. The van der Waals surface area contributed by atoms with Gasteiger partial charge in [-0.15, -0.1) is 0 Å². The summed E-state index contributed by atoms with van der Waals surface area (Å²) >= 11 is 3.44. The summed E-state index contributed by atoms with van der Waals surface area (Å²) in [5, 5.41) is 6.58. The van der Waals surface area contributed by atoms with E-state index in [4.69, 9.17) is 4.52 Å². The van der Waals surface area contributed by atoms with E-state index in [-0.39, 0.29) is 29.8 Å². The molecule has 1 aromatic heterocycles. The number of piperidine rings is 1. The first-order valence-corrected chi connectivity index (χ1v) is 10.6. The third-order valence-electron chi connectivity index (χ3n) is 5.53. The molecule has 2 unspecified atom stereocenters. The second-order valence-corrected chi connectivity index (χ2v) is 8.51. The molecule has 2 saturated heterocycles. The lowest BCUT2D eigenvalue weighted by atomic mass is 9.95. The molecule has 4 rings (SSSR count). The zero-order valence-electron chi connectivity index (χ0n) is 16.2. The monoisotopic (exact) mass is 461 g/mol. The molecule has 3 N–H and O–H groups in total. The number of hydrazine groups is 1. The Bertz CT molecular complexity index is 876. The van der Waals surface area contributed by atoms with Gasteiger partial charge in [0.1, 0.15) is 11.8 Å². The number of hydrogen-bond acceptors (Lipinski definition) is 6. The normalized spacial score (nSPS) is 22.6. The van der Waals surface area contributed by atoms with E-state index in [1.165, 1.54) is 0 Å². The average Bonchev–Trinajstić information content (AvgIpc) is 3.37. The Morgan fingerprint density at radius 2 is 1.93 bits per heavy atom. The van der Waals surface area contributed by atoms with E-state index >= 15 is 0 Å². The molecule has 2 aliphatic heterocycles. The Morgan fingerprint density at radius 3 is 2.59 bits per heavy atom. The maximum absolute atomic E-state index is 12.9. The van der Waals surface area contributed by atoms with E-state index in [0.29, 0.717) is 43.9 Å². The first-order valence-electron chi connectivity index (χ1n) is 9.79. The minimum absolute atomic E-state index is 0.0682. The van der Waals surface area contributed by atoms with Gasteiger partial charge in [0.25, 0.3) is 0 Å². The highest BCUT2D eigenvalue weighted by atomic mass is 79.9. The van der Waals surface area contributed by atoms with Gasteiger partial charge >= 0.3 is 0 Å². The summed E-state index contributed by atoms with van der Waals surface area (Å²) < 4.78 is 6.00. The predicted molar refractivity (Wildman–Crippen MR) is 111 cm³/mol. The first-order chi connectivity index (χ1) is 14.0. The zero-order chi connectivity index (χ0) is 20.4. The number of benzene rings is 1. The van der Waals surface area contributed by atoms with E-state index in [2.05, 4.69) is 49.4 Å².